The van der Waals surface area contributed by atoms with Gasteiger partial charge in [0.1, 0.15) is 12.4 Å². The molecule has 0 radical (unpaired) electrons. The largest absolute Gasteiger partial charge is 0.488 e. The van der Waals surface area contributed by atoms with Crippen LogP contribution in [0, 0.1) is 0 Å². The highest BCUT2D eigenvalue weighted by Gasteiger charge is 2.09. The summed E-state index contributed by atoms with van der Waals surface area (Å²) in [6.45, 7) is 0.448. The zero-order valence-electron chi connectivity index (χ0n) is 13.5. The lowest BCUT2D eigenvalue weighted by Gasteiger charge is -2.09. The van der Waals surface area contributed by atoms with Gasteiger partial charge in [-0.15, -0.1) is 11.3 Å². The number of aldehydes is 1. The van der Waals surface area contributed by atoms with Crippen molar-refractivity contribution in [1.29, 1.82) is 0 Å². The summed E-state index contributed by atoms with van der Waals surface area (Å²) in [5.41, 5.74) is 2.69. The molecule has 122 valence electrons. The second-order valence-corrected chi connectivity index (χ2v) is 6.88. The van der Waals surface area contributed by atoms with Crippen LogP contribution in [-0.4, -0.2) is 6.29 Å². The molecule has 25 heavy (non-hydrogen) atoms. The molecule has 3 heteroatoms. The number of carbonyl (C=O) groups excluding carboxylic acids is 1. The number of thiophene rings is 1. The lowest BCUT2D eigenvalue weighted by molar-refractivity contribution is 0.111. The molecule has 0 saturated carbocycles. The normalized spacial score (nSPS) is 10.7. The van der Waals surface area contributed by atoms with Crippen LogP contribution in [0.15, 0.2) is 78.9 Å². The molecule has 0 spiro atoms. The van der Waals surface area contributed by atoms with Crippen LogP contribution in [0.3, 0.4) is 0 Å². The number of carbonyl (C=O) groups is 1. The standard InChI is InChI=1S/C22H16O2S/c23-14-19-12-18(22-13-17-8-4-5-9-21(17)25-22)10-11-20(19)24-15-16-6-2-1-3-7-16/h1-14H,15H2. The van der Waals surface area contributed by atoms with E-state index in [4.69, 9.17) is 4.74 Å². The molecular formula is C22H16O2S. The van der Waals surface area contributed by atoms with E-state index >= 15 is 0 Å². The van der Waals surface area contributed by atoms with Crippen LogP contribution in [-0.2, 0) is 6.61 Å². The third kappa shape index (κ3) is 3.32. The fourth-order valence-electron chi connectivity index (χ4n) is 2.78. The molecule has 0 aliphatic carbocycles. The summed E-state index contributed by atoms with van der Waals surface area (Å²) >= 11 is 1.73. The van der Waals surface area contributed by atoms with Crippen LogP contribution in [0.1, 0.15) is 15.9 Å². The molecule has 0 aliphatic heterocycles. The maximum absolute atomic E-state index is 11.5. The van der Waals surface area contributed by atoms with Crippen LogP contribution in [0.25, 0.3) is 20.5 Å². The summed E-state index contributed by atoms with van der Waals surface area (Å²) in [6.07, 6.45) is 0.858. The third-order valence-corrected chi connectivity index (χ3v) is 5.25. The average molecular weight is 344 g/mol. The Morgan fingerprint density at radius 3 is 2.48 bits per heavy atom. The van der Waals surface area contributed by atoms with E-state index < -0.39 is 0 Å². The highest BCUT2D eigenvalue weighted by atomic mass is 32.1. The molecule has 1 heterocycles. The van der Waals surface area contributed by atoms with Gasteiger partial charge in [0.05, 0.1) is 5.56 Å². The predicted molar refractivity (Wildman–Crippen MR) is 103 cm³/mol. The van der Waals surface area contributed by atoms with Crippen LogP contribution in [0.2, 0.25) is 0 Å². The van der Waals surface area contributed by atoms with E-state index in [-0.39, 0.29) is 0 Å². The fourth-order valence-corrected chi connectivity index (χ4v) is 3.84. The molecule has 0 amide bonds. The number of rotatable bonds is 5. The summed E-state index contributed by atoms with van der Waals surface area (Å²) in [4.78, 5) is 12.7. The summed E-state index contributed by atoms with van der Waals surface area (Å²) in [5, 5.41) is 1.22. The number of benzene rings is 3. The van der Waals surface area contributed by atoms with Crippen molar-refractivity contribution in [3.63, 3.8) is 0 Å². The van der Waals surface area contributed by atoms with Gasteiger partial charge in [-0.2, -0.15) is 0 Å². The molecule has 0 saturated heterocycles. The number of fused-ring (bicyclic) bond motifs is 1. The molecular weight excluding hydrogens is 328 g/mol. The van der Waals surface area contributed by atoms with Crippen LogP contribution < -0.4 is 4.74 Å². The van der Waals surface area contributed by atoms with Gasteiger partial charge in [-0.3, -0.25) is 4.79 Å². The minimum absolute atomic E-state index is 0.448. The monoisotopic (exact) mass is 344 g/mol. The van der Waals surface area contributed by atoms with Gasteiger partial charge in [0, 0.05) is 9.58 Å². The Morgan fingerprint density at radius 2 is 1.68 bits per heavy atom. The SMILES string of the molecule is O=Cc1cc(-c2cc3ccccc3s2)ccc1OCc1ccccc1. The van der Waals surface area contributed by atoms with Crippen LogP contribution in [0.5, 0.6) is 5.75 Å². The van der Waals surface area contributed by atoms with Gasteiger partial charge in [-0.25, -0.2) is 0 Å². The first-order valence-electron chi connectivity index (χ1n) is 8.08. The minimum atomic E-state index is 0.448. The summed E-state index contributed by atoms with van der Waals surface area (Å²) in [5.74, 6) is 0.615. The molecule has 0 fully saturated rings. The van der Waals surface area contributed by atoms with Crippen molar-refractivity contribution in [3.05, 3.63) is 90.0 Å². The number of hydrogen-bond acceptors (Lipinski definition) is 3. The van der Waals surface area contributed by atoms with Gasteiger partial charge in [-0.05, 0) is 46.8 Å². The lowest BCUT2D eigenvalue weighted by atomic mass is 10.1. The van der Waals surface area contributed by atoms with E-state index in [0.717, 1.165) is 22.3 Å². The van der Waals surface area contributed by atoms with Crippen molar-refractivity contribution >= 4 is 27.7 Å². The maximum Gasteiger partial charge on any atom is 0.153 e. The summed E-state index contributed by atoms with van der Waals surface area (Å²) in [7, 11) is 0. The summed E-state index contributed by atoms with van der Waals surface area (Å²) < 4.78 is 7.08. The zero-order valence-corrected chi connectivity index (χ0v) is 14.3. The fraction of sp³-hybridized carbons (Fsp3) is 0.0455. The Balaban J connectivity index is 1.62. The van der Waals surface area contributed by atoms with Gasteiger partial charge in [0.15, 0.2) is 6.29 Å². The van der Waals surface area contributed by atoms with Crippen molar-refractivity contribution in [2.45, 2.75) is 6.61 Å². The number of hydrogen-bond donors (Lipinski definition) is 0. The Morgan fingerprint density at radius 1 is 0.880 bits per heavy atom. The van der Waals surface area contributed by atoms with Crippen LogP contribution in [0.4, 0.5) is 0 Å². The quantitative estimate of drug-likeness (QED) is 0.418. The predicted octanol–water partition coefficient (Wildman–Crippen LogP) is 5.96. The van der Waals surface area contributed by atoms with E-state index in [0.29, 0.717) is 17.9 Å². The van der Waals surface area contributed by atoms with Crippen LogP contribution >= 0.6 is 11.3 Å². The first kappa shape index (κ1) is 15.6. The Hall–Kier alpha value is -2.91. The van der Waals surface area contributed by atoms with Crippen molar-refractivity contribution in [3.8, 4) is 16.2 Å². The first-order valence-corrected chi connectivity index (χ1v) is 8.90. The smallest absolute Gasteiger partial charge is 0.153 e. The third-order valence-electron chi connectivity index (χ3n) is 4.08. The molecule has 4 aromatic rings. The Bertz CT molecular complexity index is 986. The average Bonchev–Trinajstić information content (AvgIpc) is 3.11. The molecule has 0 N–H and O–H groups in total. The number of ether oxygens (including phenoxy) is 1. The second kappa shape index (κ2) is 6.91. The molecule has 2 nitrogen and oxygen atoms in total. The van der Waals surface area contributed by atoms with E-state index in [2.05, 4.69) is 18.2 Å². The second-order valence-electron chi connectivity index (χ2n) is 5.79. The van der Waals surface area contributed by atoms with Crippen molar-refractivity contribution in [1.82, 2.24) is 0 Å². The van der Waals surface area contributed by atoms with Crippen molar-refractivity contribution < 1.29 is 9.53 Å². The van der Waals surface area contributed by atoms with Gasteiger partial charge in [0.25, 0.3) is 0 Å². The molecule has 0 bridgehead atoms. The Labute approximate surface area is 150 Å². The Kier molecular flexibility index (Phi) is 4.32. The first-order chi connectivity index (χ1) is 12.3. The van der Waals surface area contributed by atoms with Gasteiger partial charge < -0.3 is 4.74 Å². The van der Waals surface area contributed by atoms with E-state index in [1.54, 1.807) is 11.3 Å². The molecule has 0 atom stereocenters. The van der Waals surface area contributed by atoms with Crippen molar-refractivity contribution in [2.24, 2.45) is 0 Å². The van der Waals surface area contributed by atoms with Gasteiger partial charge >= 0.3 is 0 Å². The molecule has 0 unspecified atom stereocenters. The maximum atomic E-state index is 11.5. The highest BCUT2D eigenvalue weighted by molar-refractivity contribution is 7.22. The lowest BCUT2D eigenvalue weighted by Crippen LogP contribution is -1.98. The van der Waals surface area contributed by atoms with E-state index in [9.17, 15) is 4.79 Å². The minimum Gasteiger partial charge on any atom is -0.488 e. The molecule has 0 aliphatic rings. The molecule has 4 rings (SSSR count). The van der Waals surface area contributed by atoms with Crippen molar-refractivity contribution in [2.75, 3.05) is 0 Å². The summed E-state index contributed by atoms with van der Waals surface area (Å²) in [6, 6.07) is 26.2. The molecule has 1 aromatic heterocycles. The van der Waals surface area contributed by atoms with Gasteiger partial charge in [-0.1, -0.05) is 48.5 Å². The topological polar surface area (TPSA) is 26.3 Å². The zero-order chi connectivity index (χ0) is 17.1. The highest BCUT2D eigenvalue weighted by Crippen LogP contribution is 2.35. The van der Waals surface area contributed by atoms with Gasteiger partial charge in [0.2, 0.25) is 0 Å². The molecule has 3 aromatic carbocycles. The van der Waals surface area contributed by atoms with E-state index in [1.165, 1.54) is 10.1 Å². The van der Waals surface area contributed by atoms with E-state index in [1.807, 2.05) is 60.7 Å².